The summed E-state index contributed by atoms with van der Waals surface area (Å²) >= 11 is 0. The number of aliphatic imine (C=N–C) groups is 1. The van der Waals surface area contributed by atoms with Gasteiger partial charge in [0.25, 0.3) is 0 Å². The molecule has 1 rings (SSSR count). The Balaban J connectivity index is 0.00000625. The molecule has 0 spiro atoms. The van der Waals surface area contributed by atoms with Gasteiger partial charge in [0.05, 0.1) is 5.75 Å². The van der Waals surface area contributed by atoms with E-state index in [0.29, 0.717) is 25.0 Å². The van der Waals surface area contributed by atoms with Crippen molar-refractivity contribution in [2.75, 3.05) is 32.4 Å². The summed E-state index contributed by atoms with van der Waals surface area (Å²) in [4.78, 5) is 4.13. The smallest absolute Gasteiger partial charge is 0.211 e. The summed E-state index contributed by atoms with van der Waals surface area (Å²) in [6.45, 7) is 7.67. The predicted octanol–water partition coefficient (Wildman–Crippen LogP) is 2.46. The molecule has 6 nitrogen and oxygen atoms in total. The number of nitrogens with one attached hydrogen (secondary N) is 3. The quantitative estimate of drug-likeness (QED) is 0.201. The molecule has 150 valence electrons. The molecule has 0 saturated carbocycles. The first-order chi connectivity index (χ1) is 11.9. The van der Waals surface area contributed by atoms with Crippen LogP contribution in [0.15, 0.2) is 29.3 Å². The van der Waals surface area contributed by atoms with E-state index in [1.54, 1.807) is 14.0 Å². The zero-order valence-electron chi connectivity index (χ0n) is 16.2. The van der Waals surface area contributed by atoms with Gasteiger partial charge in [-0.05, 0) is 36.8 Å². The molecule has 0 radical (unpaired) electrons. The van der Waals surface area contributed by atoms with Gasteiger partial charge in [0.15, 0.2) is 5.96 Å². The zero-order valence-corrected chi connectivity index (χ0v) is 19.4. The van der Waals surface area contributed by atoms with Gasteiger partial charge in [-0.15, -0.1) is 24.0 Å². The maximum Gasteiger partial charge on any atom is 0.211 e. The van der Waals surface area contributed by atoms with Crippen LogP contribution in [0.4, 0.5) is 0 Å². The molecule has 1 aromatic carbocycles. The molecule has 8 heteroatoms. The Morgan fingerprint density at radius 1 is 1.08 bits per heavy atom. The topological polar surface area (TPSA) is 82.6 Å². The summed E-state index contributed by atoms with van der Waals surface area (Å²) in [7, 11) is -1.43. The lowest BCUT2D eigenvalue weighted by Gasteiger charge is -2.12. The van der Waals surface area contributed by atoms with Crippen molar-refractivity contribution in [2.45, 2.75) is 39.5 Å². The number of hydrogen-bond acceptors (Lipinski definition) is 3. The second-order valence-corrected chi connectivity index (χ2v) is 8.32. The fourth-order valence-corrected chi connectivity index (χ4v) is 2.90. The molecule has 0 unspecified atom stereocenters. The average molecular weight is 496 g/mol. The van der Waals surface area contributed by atoms with Crippen LogP contribution in [0, 0.1) is 0 Å². The van der Waals surface area contributed by atoms with E-state index >= 15 is 0 Å². The maximum atomic E-state index is 11.3. The van der Waals surface area contributed by atoms with Gasteiger partial charge in [0, 0.05) is 26.7 Å². The SMILES string of the molecule is CCS(=O)(=O)NCCNC(=NC)NCCCc1ccc(C(C)C)cc1.I. The van der Waals surface area contributed by atoms with Crippen LogP contribution in [-0.4, -0.2) is 46.8 Å². The van der Waals surface area contributed by atoms with Crippen LogP contribution >= 0.6 is 24.0 Å². The standard InChI is InChI=1S/C18H32N4O2S.HI/c1-5-25(23,24)22-14-13-21-18(19-4)20-12-6-7-16-8-10-17(11-9-16)15(2)3;/h8-11,15,22H,5-7,12-14H2,1-4H3,(H2,19,20,21);1H. The number of rotatable bonds is 10. The Bertz CT molecular complexity index is 631. The normalized spacial score (nSPS) is 12.0. The third kappa shape index (κ3) is 10.3. The number of benzene rings is 1. The molecule has 0 aliphatic rings. The lowest BCUT2D eigenvalue weighted by molar-refractivity contribution is 0.581. The highest BCUT2D eigenvalue weighted by atomic mass is 127. The van der Waals surface area contributed by atoms with Crippen LogP contribution in [0.25, 0.3) is 0 Å². The molecule has 0 aliphatic heterocycles. The Morgan fingerprint density at radius 2 is 1.69 bits per heavy atom. The molecule has 0 heterocycles. The van der Waals surface area contributed by atoms with Crippen LogP contribution in [-0.2, 0) is 16.4 Å². The van der Waals surface area contributed by atoms with Gasteiger partial charge in [0.1, 0.15) is 0 Å². The van der Waals surface area contributed by atoms with Crippen molar-refractivity contribution in [3.8, 4) is 0 Å². The third-order valence-electron chi connectivity index (χ3n) is 3.92. The first-order valence-corrected chi connectivity index (χ1v) is 10.5. The van der Waals surface area contributed by atoms with E-state index in [0.717, 1.165) is 19.4 Å². The average Bonchev–Trinajstić information content (AvgIpc) is 2.60. The summed E-state index contributed by atoms with van der Waals surface area (Å²) in [5, 5.41) is 6.34. The molecular formula is C18H33IN4O2S. The van der Waals surface area contributed by atoms with Crippen LogP contribution < -0.4 is 15.4 Å². The molecule has 26 heavy (non-hydrogen) atoms. The van der Waals surface area contributed by atoms with E-state index in [4.69, 9.17) is 0 Å². The minimum absolute atomic E-state index is 0. The summed E-state index contributed by atoms with van der Waals surface area (Å²) in [5.41, 5.74) is 2.70. The van der Waals surface area contributed by atoms with Crippen molar-refractivity contribution in [3.05, 3.63) is 35.4 Å². The van der Waals surface area contributed by atoms with Gasteiger partial charge in [-0.25, -0.2) is 13.1 Å². The van der Waals surface area contributed by atoms with Crippen molar-refractivity contribution in [1.29, 1.82) is 0 Å². The molecule has 0 bridgehead atoms. The number of hydrogen-bond donors (Lipinski definition) is 3. The van der Waals surface area contributed by atoms with Gasteiger partial charge in [-0.3, -0.25) is 4.99 Å². The Labute approximate surface area is 175 Å². The number of aryl methyl sites for hydroxylation is 1. The van der Waals surface area contributed by atoms with E-state index in [2.05, 4.69) is 58.5 Å². The summed E-state index contributed by atoms with van der Waals surface area (Å²) < 4.78 is 25.2. The first kappa shape index (κ1) is 25.1. The van der Waals surface area contributed by atoms with Gasteiger partial charge in [0.2, 0.25) is 10.0 Å². The molecular weight excluding hydrogens is 463 g/mol. The van der Waals surface area contributed by atoms with Crippen molar-refractivity contribution in [3.63, 3.8) is 0 Å². The van der Waals surface area contributed by atoms with Gasteiger partial charge < -0.3 is 10.6 Å². The van der Waals surface area contributed by atoms with Crippen molar-refractivity contribution < 1.29 is 8.42 Å². The fourth-order valence-electron chi connectivity index (χ4n) is 2.28. The second kappa shape index (κ2) is 13.3. The van der Waals surface area contributed by atoms with Gasteiger partial charge in [-0.2, -0.15) is 0 Å². The third-order valence-corrected chi connectivity index (χ3v) is 5.33. The van der Waals surface area contributed by atoms with Crippen molar-refractivity contribution >= 4 is 40.0 Å². The van der Waals surface area contributed by atoms with Crippen LogP contribution in [0.2, 0.25) is 0 Å². The molecule has 0 fully saturated rings. The monoisotopic (exact) mass is 496 g/mol. The minimum atomic E-state index is -3.13. The lowest BCUT2D eigenvalue weighted by Crippen LogP contribution is -2.42. The summed E-state index contributed by atoms with van der Waals surface area (Å²) in [5.74, 6) is 1.34. The first-order valence-electron chi connectivity index (χ1n) is 8.88. The second-order valence-electron chi connectivity index (χ2n) is 6.22. The van der Waals surface area contributed by atoms with Crippen LogP contribution in [0.1, 0.15) is 44.2 Å². The molecule has 0 atom stereocenters. The minimum Gasteiger partial charge on any atom is -0.356 e. The van der Waals surface area contributed by atoms with E-state index in [9.17, 15) is 8.42 Å². The van der Waals surface area contributed by atoms with E-state index in [1.165, 1.54) is 11.1 Å². The molecule has 0 aliphatic carbocycles. The van der Waals surface area contributed by atoms with Gasteiger partial charge >= 0.3 is 0 Å². The lowest BCUT2D eigenvalue weighted by atomic mass is 10.0. The van der Waals surface area contributed by atoms with Crippen molar-refractivity contribution in [1.82, 2.24) is 15.4 Å². The highest BCUT2D eigenvalue weighted by Crippen LogP contribution is 2.15. The largest absolute Gasteiger partial charge is 0.356 e. The molecule has 1 aromatic rings. The van der Waals surface area contributed by atoms with Gasteiger partial charge in [-0.1, -0.05) is 38.1 Å². The number of nitrogens with zero attached hydrogens (tertiary/aromatic N) is 1. The van der Waals surface area contributed by atoms with Crippen molar-refractivity contribution in [2.24, 2.45) is 4.99 Å². The van der Waals surface area contributed by atoms with E-state index in [1.807, 2.05) is 0 Å². The maximum absolute atomic E-state index is 11.3. The number of sulfonamides is 1. The van der Waals surface area contributed by atoms with E-state index < -0.39 is 10.0 Å². The molecule has 0 amide bonds. The summed E-state index contributed by atoms with van der Waals surface area (Å²) in [6, 6.07) is 8.79. The number of halogens is 1. The Morgan fingerprint density at radius 3 is 2.23 bits per heavy atom. The van der Waals surface area contributed by atoms with E-state index in [-0.39, 0.29) is 29.7 Å². The predicted molar refractivity (Wildman–Crippen MR) is 121 cm³/mol. The fraction of sp³-hybridized carbons (Fsp3) is 0.611. The van der Waals surface area contributed by atoms with Crippen LogP contribution in [0.5, 0.6) is 0 Å². The molecule has 0 aromatic heterocycles. The Hall–Kier alpha value is -0.870. The Kier molecular flexibility index (Phi) is 12.9. The molecule has 0 saturated heterocycles. The number of guanidine groups is 1. The van der Waals surface area contributed by atoms with Crippen LogP contribution in [0.3, 0.4) is 0 Å². The highest BCUT2D eigenvalue weighted by molar-refractivity contribution is 14.0. The molecule has 3 N–H and O–H groups in total. The zero-order chi connectivity index (χ0) is 18.7. The summed E-state index contributed by atoms with van der Waals surface area (Å²) in [6.07, 6.45) is 2.02. The highest BCUT2D eigenvalue weighted by Gasteiger charge is 2.05.